The minimum absolute atomic E-state index is 0.0229. The van der Waals surface area contributed by atoms with Crippen molar-refractivity contribution in [2.24, 2.45) is 0 Å². The molecule has 2 aromatic carbocycles. The van der Waals surface area contributed by atoms with E-state index in [-0.39, 0.29) is 29.5 Å². The molecule has 0 spiro atoms. The van der Waals surface area contributed by atoms with Crippen molar-refractivity contribution >= 4 is 29.1 Å². The maximum absolute atomic E-state index is 13.2. The van der Waals surface area contributed by atoms with E-state index in [1.54, 1.807) is 18.2 Å². The van der Waals surface area contributed by atoms with Crippen LogP contribution < -0.4 is 10.1 Å². The minimum atomic E-state index is -0.548. The van der Waals surface area contributed by atoms with E-state index in [4.69, 9.17) is 16.3 Å². The van der Waals surface area contributed by atoms with Crippen LogP contribution in [0.5, 0.6) is 5.75 Å². The lowest BCUT2D eigenvalue weighted by Gasteiger charge is -2.33. The maximum Gasteiger partial charge on any atom is 0.262 e. The summed E-state index contributed by atoms with van der Waals surface area (Å²) < 4.78 is 18.5. The molecule has 1 heterocycles. The summed E-state index contributed by atoms with van der Waals surface area (Å²) in [6.07, 6.45) is 3.21. The molecule has 1 N–H and O–H groups in total. The molecule has 1 unspecified atom stereocenters. The Morgan fingerprint density at radius 1 is 1.24 bits per heavy atom. The average Bonchev–Trinajstić information content (AvgIpc) is 2.70. The lowest BCUT2D eigenvalue weighted by Crippen LogP contribution is -2.42. The first-order chi connectivity index (χ1) is 13.8. The molecule has 3 rings (SSSR count). The molecule has 7 heteroatoms. The summed E-state index contributed by atoms with van der Waals surface area (Å²) in [5, 5.41) is 2.70. The van der Waals surface area contributed by atoms with Crippen molar-refractivity contribution in [2.45, 2.75) is 39.2 Å². The Bertz CT molecular complexity index is 919. The Morgan fingerprint density at radius 2 is 2.03 bits per heavy atom. The van der Waals surface area contributed by atoms with Crippen molar-refractivity contribution in [3.8, 4) is 5.75 Å². The average molecular weight is 419 g/mol. The second-order valence-corrected chi connectivity index (χ2v) is 7.69. The topological polar surface area (TPSA) is 58.6 Å². The molecule has 0 aliphatic carbocycles. The number of amides is 2. The van der Waals surface area contributed by atoms with Gasteiger partial charge in [-0.15, -0.1) is 0 Å². The molecule has 1 aliphatic heterocycles. The number of aryl methyl sites for hydroxylation is 1. The predicted octanol–water partition coefficient (Wildman–Crippen LogP) is 4.82. The van der Waals surface area contributed by atoms with E-state index in [0.717, 1.165) is 31.4 Å². The number of halogens is 2. The number of nitrogens with zero attached hydrogens (tertiary/aromatic N) is 1. The van der Waals surface area contributed by atoms with E-state index in [1.807, 2.05) is 11.8 Å². The van der Waals surface area contributed by atoms with Crippen LogP contribution in [-0.2, 0) is 4.79 Å². The molecule has 0 radical (unpaired) electrons. The summed E-state index contributed by atoms with van der Waals surface area (Å²) in [5.41, 5.74) is 2.02. The monoisotopic (exact) mass is 418 g/mol. The van der Waals surface area contributed by atoms with Crippen molar-refractivity contribution in [1.29, 1.82) is 0 Å². The largest absolute Gasteiger partial charge is 0.484 e. The van der Waals surface area contributed by atoms with Gasteiger partial charge in [-0.3, -0.25) is 9.59 Å². The molecule has 1 aliphatic rings. The molecular weight excluding hydrogens is 395 g/mol. The summed E-state index contributed by atoms with van der Waals surface area (Å²) in [6, 6.07) is 9.39. The number of carbonyl (C=O) groups excluding carboxylic acids is 2. The highest BCUT2D eigenvalue weighted by Gasteiger charge is 2.24. The number of ether oxygens (including phenoxy) is 1. The van der Waals surface area contributed by atoms with Gasteiger partial charge in [0.1, 0.15) is 11.6 Å². The van der Waals surface area contributed by atoms with Crippen molar-refractivity contribution in [3.05, 3.63) is 58.4 Å². The molecule has 5 nitrogen and oxygen atoms in total. The first-order valence-electron chi connectivity index (χ1n) is 9.64. The normalized spacial score (nSPS) is 16.4. The molecule has 1 atom stereocenters. The third-order valence-corrected chi connectivity index (χ3v) is 5.36. The van der Waals surface area contributed by atoms with E-state index in [0.29, 0.717) is 17.0 Å². The summed E-state index contributed by atoms with van der Waals surface area (Å²) >= 11 is 5.70. The number of hydrogen-bond acceptors (Lipinski definition) is 3. The first-order valence-corrected chi connectivity index (χ1v) is 10.0. The van der Waals surface area contributed by atoms with E-state index >= 15 is 0 Å². The number of nitrogens with one attached hydrogen (secondary N) is 1. The van der Waals surface area contributed by atoms with Crippen LogP contribution in [0.15, 0.2) is 36.4 Å². The number of rotatable bonds is 5. The molecule has 154 valence electrons. The van der Waals surface area contributed by atoms with E-state index in [1.165, 1.54) is 18.2 Å². The van der Waals surface area contributed by atoms with Gasteiger partial charge in [-0.25, -0.2) is 4.39 Å². The highest BCUT2D eigenvalue weighted by Crippen LogP contribution is 2.23. The summed E-state index contributed by atoms with van der Waals surface area (Å²) in [4.78, 5) is 26.9. The zero-order valence-corrected chi connectivity index (χ0v) is 17.3. The Balaban J connectivity index is 1.60. The Hall–Kier alpha value is -2.60. The van der Waals surface area contributed by atoms with Crippen LogP contribution in [0.4, 0.5) is 10.1 Å². The number of benzene rings is 2. The van der Waals surface area contributed by atoms with Crippen LogP contribution in [-0.4, -0.2) is 35.9 Å². The number of hydrogen-bond donors (Lipinski definition) is 1. The molecule has 2 amide bonds. The van der Waals surface area contributed by atoms with Crippen molar-refractivity contribution < 1.29 is 18.7 Å². The van der Waals surface area contributed by atoms with Crippen molar-refractivity contribution in [1.82, 2.24) is 4.90 Å². The van der Waals surface area contributed by atoms with Gasteiger partial charge in [0.2, 0.25) is 0 Å². The van der Waals surface area contributed by atoms with Crippen LogP contribution in [0, 0.1) is 12.7 Å². The fourth-order valence-electron chi connectivity index (χ4n) is 3.40. The summed E-state index contributed by atoms with van der Waals surface area (Å²) in [7, 11) is 0. The van der Waals surface area contributed by atoms with Gasteiger partial charge in [0, 0.05) is 29.9 Å². The predicted molar refractivity (Wildman–Crippen MR) is 111 cm³/mol. The van der Waals surface area contributed by atoms with Crippen LogP contribution >= 0.6 is 11.6 Å². The Kier molecular flexibility index (Phi) is 6.75. The molecule has 0 saturated carbocycles. The van der Waals surface area contributed by atoms with E-state index in [2.05, 4.69) is 12.2 Å². The third-order valence-electron chi connectivity index (χ3n) is 5.07. The van der Waals surface area contributed by atoms with Gasteiger partial charge in [0.15, 0.2) is 6.61 Å². The van der Waals surface area contributed by atoms with Crippen molar-refractivity contribution in [3.63, 3.8) is 0 Å². The zero-order valence-electron chi connectivity index (χ0n) is 16.5. The molecule has 1 fully saturated rings. The Labute approximate surface area is 174 Å². The second-order valence-electron chi connectivity index (χ2n) is 7.29. The van der Waals surface area contributed by atoms with Gasteiger partial charge >= 0.3 is 0 Å². The second kappa shape index (κ2) is 9.27. The minimum Gasteiger partial charge on any atom is -0.484 e. The molecule has 1 saturated heterocycles. The first kappa shape index (κ1) is 21.1. The summed E-state index contributed by atoms with van der Waals surface area (Å²) in [6.45, 7) is 4.45. The number of likely N-dealkylation sites (tertiary alicyclic amines) is 1. The lowest BCUT2D eigenvalue weighted by atomic mass is 10.0. The molecule has 2 aromatic rings. The SMILES string of the molecule is Cc1cc(C(=O)N2CCCCC2C)ccc1NC(=O)COc1ccc(F)c(Cl)c1. The number of anilines is 1. The highest BCUT2D eigenvalue weighted by atomic mass is 35.5. The zero-order chi connectivity index (χ0) is 21.0. The van der Waals surface area contributed by atoms with Crippen LogP contribution in [0.3, 0.4) is 0 Å². The van der Waals surface area contributed by atoms with E-state index in [9.17, 15) is 14.0 Å². The quantitative estimate of drug-likeness (QED) is 0.757. The van der Waals surface area contributed by atoms with Crippen molar-refractivity contribution in [2.75, 3.05) is 18.5 Å². The van der Waals surface area contributed by atoms with Gasteiger partial charge < -0.3 is 15.0 Å². The maximum atomic E-state index is 13.2. The molecule has 0 aromatic heterocycles. The van der Waals surface area contributed by atoms with E-state index < -0.39 is 5.82 Å². The number of piperidine rings is 1. The van der Waals surface area contributed by atoms with Crippen LogP contribution in [0.2, 0.25) is 5.02 Å². The smallest absolute Gasteiger partial charge is 0.262 e. The Morgan fingerprint density at radius 3 is 2.72 bits per heavy atom. The lowest BCUT2D eigenvalue weighted by molar-refractivity contribution is -0.118. The molecule has 29 heavy (non-hydrogen) atoms. The molecule has 0 bridgehead atoms. The fourth-order valence-corrected chi connectivity index (χ4v) is 3.57. The number of carbonyl (C=O) groups is 2. The van der Waals surface area contributed by atoms with Crippen LogP contribution in [0.25, 0.3) is 0 Å². The van der Waals surface area contributed by atoms with Gasteiger partial charge in [-0.05, 0) is 69.0 Å². The van der Waals surface area contributed by atoms with Gasteiger partial charge in [-0.1, -0.05) is 11.6 Å². The van der Waals surface area contributed by atoms with Crippen LogP contribution in [0.1, 0.15) is 42.1 Å². The fraction of sp³-hybridized carbons (Fsp3) is 0.364. The molecular formula is C22H24ClFN2O3. The highest BCUT2D eigenvalue weighted by molar-refractivity contribution is 6.30. The van der Waals surface area contributed by atoms with Gasteiger partial charge in [-0.2, -0.15) is 0 Å². The van der Waals surface area contributed by atoms with Gasteiger partial charge in [0.25, 0.3) is 11.8 Å². The van der Waals surface area contributed by atoms with Gasteiger partial charge in [0.05, 0.1) is 5.02 Å². The summed E-state index contributed by atoms with van der Waals surface area (Å²) in [5.74, 6) is -0.584. The third kappa shape index (κ3) is 5.26. The standard InChI is InChI=1S/C22H24ClFN2O3/c1-14-11-16(22(28)26-10-4-3-5-15(26)2)6-9-20(14)25-21(27)13-29-17-7-8-19(24)18(23)12-17/h6-9,11-12,15H,3-5,10,13H2,1-2H3,(H,25,27).